The molecule has 0 aliphatic carbocycles. The predicted octanol–water partition coefficient (Wildman–Crippen LogP) is 4.55. The summed E-state index contributed by atoms with van der Waals surface area (Å²) in [6.07, 6.45) is 1.79. The summed E-state index contributed by atoms with van der Waals surface area (Å²) in [5, 5.41) is 0.252. The van der Waals surface area contributed by atoms with E-state index in [1.54, 1.807) is 0 Å². The first-order valence-electron chi connectivity index (χ1n) is 6.56. The Hall–Kier alpha value is -1.58. The average Bonchev–Trinajstić information content (AvgIpc) is 2.44. The summed E-state index contributed by atoms with van der Waals surface area (Å²) in [6.45, 7) is 2.07. The van der Waals surface area contributed by atoms with Gasteiger partial charge in [-0.15, -0.1) is 0 Å². The Kier molecular flexibility index (Phi) is 4.99. The predicted molar refractivity (Wildman–Crippen MR) is 79.9 cm³/mol. The number of nitrogens with two attached hydrogens (primary N) is 1. The zero-order valence-corrected chi connectivity index (χ0v) is 12.0. The lowest BCUT2D eigenvalue weighted by Gasteiger charge is -2.10. The molecule has 0 amide bonds. The van der Waals surface area contributed by atoms with Crippen LogP contribution in [0.5, 0.6) is 11.5 Å². The minimum Gasteiger partial charge on any atom is -0.456 e. The Bertz CT molecular complexity index is 571. The highest BCUT2D eigenvalue weighted by Gasteiger charge is 2.05. The Labute approximate surface area is 123 Å². The lowest BCUT2D eigenvalue weighted by atomic mass is 10.0. The molecule has 106 valence electrons. The fourth-order valence-electron chi connectivity index (χ4n) is 1.83. The highest BCUT2D eigenvalue weighted by molar-refractivity contribution is 6.32. The lowest BCUT2D eigenvalue weighted by Crippen LogP contribution is -2.21. The van der Waals surface area contributed by atoms with Crippen LogP contribution in [0.15, 0.2) is 42.5 Å². The van der Waals surface area contributed by atoms with Gasteiger partial charge in [-0.05, 0) is 48.7 Å². The molecule has 0 heterocycles. The summed E-state index contributed by atoms with van der Waals surface area (Å²) in [4.78, 5) is 0. The van der Waals surface area contributed by atoms with Crippen LogP contribution in [0.3, 0.4) is 0 Å². The fourth-order valence-corrected chi connectivity index (χ4v) is 2.03. The van der Waals surface area contributed by atoms with Crippen LogP contribution in [-0.4, -0.2) is 6.04 Å². The summed E-state index contributed by atoms with van der Waals surface area (Å²) < 4.78 is 18.6. The van der Waals surface area contributed by atoms with E-state index in [1.165, 1.54) is 18.2 Å². The molecule has 1 atom stereocenters. The van der Waals surface area contributed by atoms with Crippen LogP contribution < -0.4 is 10.5 Å². The largest absolute Gasteiger partial charge is 0.456 e. The molecule has 0 aliphatic rings. The molecule has 0 saturated carbocycles. The molecule has 0 radical (unpaired) electrons. The van der Waals surface area contributed by atoms with Gasteiger partial charge in [-0.1, -0.05) is 30.7 Å². The molecule has 2 rings (SSSR count). The maximum absolute atomic E-state index is 12.9. The molecule has 0 aromatic heterocycles. The first-order chi connectivity index (χ1) is 9.58. The third kappa shape index (κ3) is 3.95. The third-order valence-electron chi connectivity index (χ3n) is 3.07. The van der Waals surface area contributed by atoms with Gasteiger partial charge in [0.2, 0.25) is 0 Å². The van der Waals surface area contributed by atoms with Gasteiger partial charge in [0.1, 0.15) is 17.3 Å². The van der Waals surface area contributed by atoms with E-state index in [1.807, 2.05) is 24.3 Å². The molecule has 0 saturated heterocycles. The molecule has 1 unspecified atom stereocenters. The maximum Gasteiger partial charge on any atom is 0.146 e. The van der Waals surface area contributed by atoms with Gasteiger partial charge < -0.3 is 10.5 Å². The van der Waals surface area contributed by atoms with Crippen molar-refractivity contribution in [1.82, 2.24) is 0 Å². The summed E-state index contributed by atoms with van der Waals surface area (Å²) >= 11 is 5.92. The van der Waals surface area contributed by atoms with E-state index in [0.29, 0.717) is 11.5 Å². The molecule has 2 N–H and O–H groups in total. The third-order valence-corrected chi connectivity index (χ3v) is 3.36. The van der Waals surface area contributed by atoms with Crippen molar-refractivity contribution in [3.8, 4) is 11.5 Å². The van der Waals surface area contributed by atoms with Gasteiger partial charge in [-0.3, -0.25) is 0 Å². The highest BCUT2D eigenvalue weighted by Crippen LogP contribution is 2.29. The van der Waals surface area contributed by atoms with Gasteiger partial charge in [0, 0.05) is 6.04 Å². The number of halogens is 2. The van der Waals surface area contributed by atoms with Crippen molar-refractivity contribution in [3.05, 3.63) is 58.9 Å². The number of hydrogen-bond acceptors (Lipinski definition) is 2. The number of rotatable bonds is 5. The Morgan fingerprint density at radius 3 is 2.50 bits per heavy atom. The van der Waals surface area contributed by atoms with Crippen LogP contribution in [0.1, 0.15) is 18.9 Å². The fraction of sp³-hybridized carbons (Fsp3) is 0.250. The van der Waals surface area contributed by atoms with Crippen LogP contribution in [0, 0.1) is 5.82 Å². The summed E-state index contributed by atoms with van der Waals surface area (Å²) in [5.74, 6) is 0.713. The van der Waals surface area contributed by atoms with Crippen molar-refractivity contribution in [1.29, 1.82) is 0 Å². The maximum atomic E-state index is 12.9. The number of hydrogen-bond donors (Lipinski definition) is 1. The molecule has 20 heavy (non-hydrogen) atoms. The second-order valence-electron chi connectivity index (χ2n) is 4.69. The molecule has 0 fully saturated rings. The van der Waals surface area contributed by atoms with Gasteiger partial charge in [0.05, 0.1) is 5.02 Å². The minimum absolute atomic E-state index is 0.174. The van der Waals surface area contributed by atoms with E-state index < -0.39 is 0 Å². The Morgan fingerprint density at radius 1 is 1.20 bits per heavy atom. The summed E-state index contributed by atoms with van der Waals surface area (Å²) in [6, 6.07) is 11.9. The van der Waals surface area contributed by atoms with Gasteiger partial charge in [-0.2, -0.15) is 0 Å². The molecular weight excluding hydrogens is 277 g/mol. The molecule has 0 bridgehead atoms. The van der Waals surface area contributed by atoms with Crippen LogP contribution in [-0.2, 0) is 6.42 Å². The van der Waals surface area contributed by atoms with Crippen molar-refractivity contribution in [2.45, 2.75) is 25.8 Å². The molecule has 2 nitrogen and oxygen atoms in total. The van der Waals surface area contributed by atoms with E-state index in [0.717, 1.165) is 18.4 Å². The van der Waals surface area contributed by atoms with E-state index in [4.69, 9.17) is 22.1 Å². The van der Waals surface area contributed by atoms with E-state index in [9.17, 15) is 4.39 Å². The topological polar surface area (TPSA) is 35.2 Å². The lowest BCUT2D eigenvalue weighted by molar-refractivity contribution is 0.480. The molecule has 4 heteroatoms. The Balaban J connectivity index is 2.07. The quantitative estimate of drug-likeness (QED) is 0.877. The second-order valence-corrected chi connectivity index (χ2v) is 5.10. The van der Waals surface area contributed by atoms with Crippen molar-refractivity contribution in [2.75, 3.05) is 0 Å². The zero-order valence-electron chi connectivity index (χ0n) is 11.3. The molecule has 0 aliphatic heterocycles. The Morgan fingerprint density at radius 2 is 1.90 bits per heavy atom. The van der Waals surface area contributed by atoms with Gasteiger partial charge >= 0.3 is 0 Å². The van der Waals surface area contributed by atoms with Crippen molar-refractivity contribution in [3.63, 3.8) is 0 Å². The highest BCUT2D eigenvalue weighted by atomic mass is 35.5. The van der Waals surface area contributed by atoms with Crippen molar-refractivity contribution in [2.24, 2.45) is 5.73 Å². The monoisotopic (exact) mass is 293 g/mol. The van der Waals surface area contributed by atoms with E-state index >= 15 is 0 Å². The van der Waals surface area contributed by atoms with E-state index in [2.05, 4.69) is 6.92 Å². The van der Waals surface area contributed by atoms with Crippen LogP contribution in [0.25, 0.3) is 0 Å². The van der Waals surface area contributed by atoms with Gasteiger partial charge in [0.25, 0.3) is 0 Å². The van der Waals surface area contributed by atoms with Crippen LogP contribution in [0.4, 0.5) is 4.39 Å². The first kappa shape index (κ1) is 14.8. The van der Waals surface area contributed by atoms with Gasteiger partial charge in [0.15, 0.2) is 0 Å². The van der Waals surface area contributed by atoms with Crippen LogP contribution in [0.2, 0.25) is 5.02 Å². The SMILES string of the molecule is CCC(N)Cc1ccc(Oc2ccc(F)cc2Cl)cc1. The summed E-state index contributed by atoms with van der Waals surface area (Å²) in [7, 11) is 0. The number of benzene rings is 2. The molecular formula is C16H17ClFNO. The number of ether oxygens (including phenoxy) is 1. The standard InChI is InChI=1S/C16H17ClFNO/c1-2-13(19)9-11-3-6-14(7-4-11)20-16-8-5-12(18)10-15(16)17/h3-8,10,13H,2,9,19H2,1H3. The van der Waals surface area contributed by atoms with Crippen LogP contribution >= 0.6 is 11.6 Å². The normalized spacial score (nSPS) is 12.2. The van der Waals surface area contributed by atoms with E-state index in [-0.39, 0.29) is 16.9 Å². The first-order valence-corrected chi connectivity index (χ1v) is 6.93. The smallest absolute Gasteiger partial charge is 0.146 e. The zero-order chi connectivity index (χ0) is 14.5. The molecule has 2 aromatic carbocycles. The average molecular weight is 294 g/mol. The molecule has 2 aromatic rings. The van der Waals surface area contributed by atoms with Crippen molar-refractivity contribution < 1.29 is 9.13 Å². The van der Waals surface area contributed by atoms with Crippen molar-refractivity contribution >= 4 is 11.6 Å². The minimum atomic E-state index is -0.383. The second kappa shape index (κ2) is 6.73. The summed E-state index contributed by atoms with van der Waals surface area (Å²) in [5.41, 5.74) is 7.08. The molecule has 0 spiro atoms. The van der Waals surface area contributed by atoms with Gasteiger partial charge in [-0.25, -0.2) is 4.39 Å².